The Hall–Kier alpha value is -1.00. The number of rotatable bonds is 5. The molecule has 0 aliphatic carbocycles. The monoisotopic (exact) mass is 251 g/mol. The first-order valence-corrected chi connectivity index (χ1v) is 6.87. The lowest BCUT2D eigenvalue weighted by atomic mass is 10.2. The van der Waals surface area contributed by atoms with Crippen molar-refractivity contribution >= 4 is 18.0 Å². The smallest absolute Gasteiger partial charge is 0.150 e. The Labute approximate surface area is 106 Å². The van der Waals surface area contributed by atoms with Gasteiger partial charge in [0.25, 0.3) is 0 Å². The van der Waals surface area contributed by atoms with Gasteiger partial charge >= 0.3 is 0 Å². The van der Waals surface area contributed by atoms with Crippen LogP contribution in [0.2, 0.25) is 0 Å². The molecule has 4 heteroatoms. The molecular weight excluding hydrogens is 234 g/mol. The summed E-state index contributed by atoms with van der Waals surface area (Å²) >= 11 is 1.95. The summed E-state index contributed by atoms with van der Waals surface area (Å²) in [4.78, 5) is 10.6. The van der Waals surface area contributed by atoms with E-state index in [0.29, 0.717) is 23.5 Å². The molecule has 0 radical (unpaired) electrons. The van der Waals surface area contributed by atoms with E-state index < -0.39 is 0 Å². The number of carbonyl (C=O) groups is 1. The number of carbonyl (C=O) groups excluding carboxylic acids is 1. The highest BCUT2D eigenvalue weighted by atomic mass is 32.2. The summed E-state index contributed by atoms with van der Waals surface area (Å²) in [6.45, 7) is 2.91. The fraction of sp³-hybridized carbons (Fsp3) is 0.462. The van der Waals surface area contributed by atoms with Crippen LogP contribution in [0, 0.1) is 0 Å². The Balaban J connectivity index is 1.79. The molecule has 1 N–H and O–H groups in total. The molecule has 92 valence electrons. The average molecular weight is 251 g/mol. The molecule has 0 saturated carbocycles. The molecule has 3 nitrogen and oxygen atoms in total. The largest absolute Gasteiger partial charge is 0.494 e. The van der Waals surface area contributed by atoms with E-state index in [4.69, 9.17) is 4.74 Å². The van der Waals surface area contributed by atoms with E-state index >= 15 is 0 Å². The molecule has 0 spiro atoms. The second-order valence-corrected chi connectivity index (χ2v) is 5.40. The average Bonchev–Trinajstić information content (AvgIpc) is 2.76. The highest BCUT2D eigenvalue weighted by Gasteiger charge is 2.22. The first-order chi connectivity index (χ1) is 8.29. The normalized spacial score (nSPS) is 23.6. The molecule has 1 saturated heterocycles. The van der Waals surface area contributed by atoms with Crippen LogP contribution in [-0.4, -0.2) is 30.1 Å². The number of thioether (sulfide) groups is 1. The van der Waals surface area contributed by atoms with Crippen LogP contribution in [0.25, 0.3) is 0 Å². The van der Waals surface area contributed by atoms with Crippen LogP contribution in [0.5, 0.6) is 5.75 Å². The predicted molar refractivity (Wildman–Crippen MR) is 70.8 cm³/mol. The van der Waals surface area contributed by atoms with E-state index in [2.05, 4.69) is 12.2 Å². The second-order valence-electron chi connectivity index (χ2n) is 4.17. The van der Waals surface area contributed by atoms with Gasteiger partial charge in [-0.3, -0.25) is 4.79 Å². The van der Waals surface area contributed by atoms with Crippen molar-refractivity contribution in [3.63, 3.8) is 0 Å². The van der Waals surface area contributed by atoms with Gasteiger partial charge in [-0.15, -0.1) is 11.8 Å². The molecule has 1 aromatic rings. The quantitative estimate of drug-likeness (QED) is 0.815. The maximum atomic E-state index is 10.6. The van der Waals surface area contributed by atoms with Crippen molar-refractivity contribution in [1.29, 1.82) is 0 Å². The third-order valence-corrected chi connectivity index (χ3v) is 4.33. The van der Waals surface area contributed by atoms with Crippen LogP contribution in [0.1, 0.15) is 23.7 Å². The van der Waals surface area contributed by atoms with Crippen molar-refractivity contribution in [3.8, 4) is 5.75 Å². The first kappa shape index (κ1) is 12.5. The lowest BCUT2D eigenvalue weighted by Crippen LogP contribution is -2.27. The van der Waals surface area contributed by atoms with Gasteiger partial charge in [0, 0.05) is 22.7 Å². The molecule has 0 amide bonds. The topological polar surface area (TPSA) is 38.3 Å². The zero-order chi connectivity index (χ0) is 12.1. The van der Waals surface area contributed by atoms with Crippen molar-refractivity contribution in [2.75, 3.05) is 12.5 Å². The number of nitrogens with one attached hydrogen (secondary N) is 1. The Kier molecular flexibility index (Phi) is 4.45. The fourth-order valence-electron chi connectivity index (χ4n) is 1.87. The van der Waals surface area contributed by atoms with Crippen LogP contribution >= 0.6 is 11.8 Å². The van der Waals surface area contributed by atoms with Crippen LogP contribution in [-0.2, 0) is 0 Å². The lowest BCUT2D eigenvalue weighted by Gasteiger charge is -2.14. The Morgan fingerprint density at radius 2 is 2.47 bits per heavy atom. The zero-order valence-electron chi connectivity index (χ0n) is 9.89. The maximum absolute atomic E-state index is 10.6. The number of ether oxygens (including phenoxy) is 1. The van der Waals surface area contributed by atoms with Crippen LogP contribution in [0.4, 0.5) is 0 Å². The molecule has 1 aromatic carbocycles. The van der Waals surface area contributed by atoms with Crippen molar-refractivity contribution in [1.82, 2.24) is 5.32 Å². The van der Waals surface area contributed by atoms with Crippen LogP contribution in [0.15, 0.2) is 24.3 Å². The van der Waals surface area contributed by atoms with E-state index in [-0.39, 0.29) is 0 Å². The summed E-state index contributed by atoms with van der Waals surface area (Å²) < 4.78 is 5.66. The summed E-state index contributed by atoms with van der Waals surface area (Å²) in [7, 11) is 0. The maximum Gasteiger partial charge on any atom is 0.150 e. The molecule has 2 unspecified atom stereocenters. The van der Waals surface area contributed by atoms with E-state index in [1.54, 1.807) is 12.1 Å². The molecule has 0 bridgehead atoms. The Morgan fingerprint density at radius 1 is 1.59 bits per heavy atom. The third-order valence-electron chi connectivity index (χ3n) is 2.93. The van der Waals surface area contributed by atoms with Gasteiger partial charge in [0.05, 0.1) is 6.61 Å². The molecule has 1 aliphatic rings. The minimum Gasteiger partial charge on any atom is -0.494 e. The van der Waals surface area contributed by atoms with Crippen molar-refractivity contribution < 1.29 is 9.53 Å². The molecular formula is C13H17NO2S. The summed E-state index contributed by atoms with van der Waals surface area (Å²) in [5.41, 5.74) is 0.660. The SMILES string of the molecule is CC1NCSC1CCOc1cccc(C=O)c1. The standard InChI is InChI=1S/C13H17NO2S/c1-10-13(17-9-14-10)5-6-16-12-4-2-3-11(7-12)8-15/h2-4,7-8,10,13-14H,5-6,9H2,1H3. The lowest BCUT2D eigenvalue weighted by molar-refractivity contribution is 0.112. The summed E-state index contributed by atoms with van der Waals surface area (Å²) in [5, 5.41) is 4.03. The van der Waals surface area contributed by atoms with Crippen LogP contribution < -0.4 is 10.1 Å². The molecule has 0 aromatic heterocycles. The van der Waals surface area contributed by atoms with E-state index in [0.717, 1.165) is 24.3 Å². The number of benzene rings is 1. The van der Waals surface area contributed by atoms with Crippen LogP contribution in [0.3, 0.4) is 0 Å². The minimum absolute atomic E-state index is 0.560. The molecule has 2 atom stereocenters. The van der Waals surface area contributed by atoms with Gasteiger partial charge in [0.2, 0.25) is 0 Å². The van der Waals surface area contributed by atoms with Gasteiger partial charge in [0.15, 0.2) is 0 Å². The number of hydrogen-bond acceptors (Lipinski definition) is 4. The highest BCUT2D eigenvalue weighted by Crippen LogP contribution is 2.24. The van der Waals surface area contributed by atoms with Gasteiger partial charge in [0.1, 0.15) is 12.0 Å². The predicted octanol–water partition coefficient (Wildman–Crippen LogP) is 2.32. The van der Waals surface area contributed by atoms with Gasteiger partial charge in [-0.05, 0) is 25.5 Å². The van der Waals surface area contributed by atoms with Gasteiger partial charge in [-0.2, -0.15) is 0 Å². The number of hydrogen-bond donors (Lipinski definition) is 1. The van der Waals surface area contributed by atoms with E-state index in [9.17, 15) is 4.79 Å². The summed E-state index contributed by atoms with van der Waals surface area (Å²) in [6.07, 6.45) is 1.87. The Bertz CT molecular complexity index is 383. The summed E-state index contributed by atoms with van der Waals surface area (Å²) in [5.74, 6) is 1.81. The molecule has 1 fully saturated rings. The van der Waals surface area contributed by atoms with Gasteiger partial charge in [-0.1, -0.05) is 12.1 Å². The van der Waals surface area contributed by atoms with Crippen molar-refractivity contribution in [3.05, 3.63) is 29.8 Å². The third kappa shape index (κ3) is 3.48. The molecule has 1 aliphatic heterocycles. The first-order valence-electron chi connectivity index (χ1n) is 5.82. The highest BCUT2D eigenvalue weighted by molar-refractivity contribution is 8.00. The fourth-order valence-corrected chi connectivity index (χ4v) is 3.09. The molecule has 1 heterocycles. The zero-order valence-corrected chi connectivity index (χ0v) is 10.7. The second kappa shape index (κ2) is 6.07. The van der Waals surface area contributed by atoms with Crippen molar-refractivity contribution in [2.24, 2.45) is 0 Å². The number of aldehydes is 1. The molecule has 2 rings (SSSR count). The summed E-state index contributed by atoms with van der Waals surface area (Å²) in [6, 6.07) is 7.84. The van der Waals surface area contributed by atoms with E-state index in [1.165, 1.54) is 0 Å². The van der Waals surface area contributed by atoms with Crippen molar-refractivity contribution in [2.45, 2.75) is 24.6 Å². The van der Waals surface area contributed by atoms with E-state index in [1.807, 2.05) is 23.9 Å². The molecule has 17 heavy (non-hydrogen) atoms. The minimum atomic E-state index is 0.560. The Morgan fingerprint density at radius 3 is 3.18 bits per heavy atom. The van der Waals surface area contributed by atoms with Gasteiger partial charge in [-0.25, -0.2) is 0 Å². The van der Waals surface area contributed by atoms with Gasteiger partial charge < -0.3 is 10.1 Å².